The summed E-state index contributed by atoms with van der Waals surface area (Å²) in [5.41, 5.74) is 1.88. The number of anilines is 1. The maximum atomic E-state index is 12.6. The molecule has 0 aromatic heterocycles. The second-order valence-electron chi connectivity index (χ2n) is 5.69. The fourth-order valence-corrected chi connectivity index (χ4v) is 3.49. The van der Waals surface area contributed by atoms with Crippen molar-refractivity contribution in [1.29, 1.82) is 0 Å². The Balaban J connectivity index is 1.67. The molecule has 0 bridgehead atoms. The van der Waals surface area contributed by atoms with E-state index >= 15 is 0 Å². The molecule has 0 N–H and O–H groups in total. The van der Waals surface area contributed by atoms with Crippen molar-refractivity contribution >= 4 is 34.2 Å². The van der Waals surface area contributed by atoms with Gasteiger partial charge in [0.2, 0.25) is 0 Å². The number of piperazine rings is 1. The lowest BCUT2D eigenvalue weighted by Crippen LogP contribution is -2.48. The van der Waals surface area contributed by atoms with Gasteiger partial charge in [0, 0.05) is 35.3 Å². The van der Waals surface area contributed by atoms with E-state index in [0.29, 0.717) is 6.61 Å². The number of hydrogen-bond donors (Lipinski definition) is 0. The minimum Gasteiger partial charge on any atom is -0.492 e. The average molecular weight is 436 g/mol. The van der Waals surface area contributed by atoms with Gasteiger partial charge in [-0.2, -0.15) is 0 Å². The van der Waals surface area contributed by atoms with Crippen LogP contribution in [0.3, 0.4) is 0 Å². The molecule has 0 unspecified atom stereocenters. The highest BCUT2D eigenvalue weighted by atomic mass is 127. The number of carbonyl (C=O) groups excluding carboxylic acids is 1. The van der Waals surface area contributed by atoms with Gasteiger partial charge in [-0.15, -0.1) is 0 Å². The summed E-state index contributed by atoms with van der Waals surface area (Å²) in [7, 11) is 0. The van der Waals surface area contributed by atoms with Crippen LogP contribution < -0.4 is 9.64 Å². The van der Waals surface area contributed by atoms with Gasteiger partial charge < -0.3 is 14.5 Å². The predicted molar refractivity (Wildman–Crippen MR) is 105 cm³/mol. The average Bonchev–Trinajstić information content (AvgIpc) is 2.62. The van der Waals surface area contributed by atoms with Gasteiger partial charge in [-0.05, 0) is 59.8 Å². The first kappa shape index (κ1) is 17.1. The molecule has 1 amide bonds. The van der Waals surface area contributed by atoms with Crippen LogP contribution in [0.25, 0.3) is 0 Å². The van der Waals surface area contributed by atoms with Gasteiger partial charge >= 0.3 is 0 Å². The Kier molecular flexibility index (Phi) is 5.60. The minimum atomic E-state index is 0.117. The highest BCUT2D eigenvalue weighted by Gasteiger charge is 2.23. The van der Waals surface area contributed by atoms with Gasteiger partial charge in [-0.25, -0.2) is 0 Å². The lowest BCUT2D eigenvalue weighted by Gasteiger charge is -2.36. The van der Waals surface area contributed by atoms with Gasteiger partial charge in [0.25, 0.3) is 5.91 Å². The standard InChI is InChI=1S/C19H21IN2O2/c1-2-24-18-9-4-3-8-17(18)21-10-12-22(13-11-21)19(23)15-6-5-7-16(20)14-15/h3-9,14H,2,10-13H2,1H3. The number of para-hydroxylation sites is 2. The number of ether oxygens (including phenoxy) is 1. The van der Waals surface area contributed by atoms with E-state index in [-0.39, 0.29) is 5.91 Å². The normalized spacial score (nSPS) is 14.6. The number of halogens is 1. The third kappa shape index (κ3) is 3.83. The highest BCUT2D eigenvalue weighted by Crippen LogP contribution is 2.29. The predicted octanol–water partition coefficient (Wildman–Crippen LogP) is 3.65. The fraction of sp³-hybridized carbons (Fsp3) is 0.316. The molecule has 1 saturated heterocycles. The number of hydrogen-bond acceptors (Lipinski definition) is 3. The van der Waals surface area contributed by atoms with E-state index in [2.05, 4.69) is 33.6 Å². The zero-order chi connectivity index (χ0) is 16.9. The second kappa shape index (κ2) is 7.88. The molecular formula is C19H21IN2O2. The van der Waals surface area contributed by atoms with Crippen LogP contribution in [-0.2, 0) is 0 Å². The maximum Gasteiger partial charge on any atom is 0.254 e. The molecule has 1 fully saturated rings. The number of rotatable bonds is 4. The molecule has 1 aliphatic heterocycles. The summed E-state index contributed by atoms with van der Waals surface area (Å²) in [6, 6.07) is 15.9. The lowest BCUT2D eigenvalue weighted by atomic mass is 10.1. The van der Waals surface area contributed by atoms with E-state index in [1.807, 2.05) is 54.3 Å². The number of benzene rings is 2. The minimum absolute atomic E-state index is 0.117. The Morgan fingerprint density at radius 1 is 1.08 bits per heavy atom. The molecule has 0 radical (unpaired) electrons. The Morgan fingerprint density at radius 3 is 2.54 bits per heavy atom. The molecule has 0 atom stereocenters. The van der Waals surface area contributed by atoms with E-state index in [4.69, 9.17) is 4.74 Å². The molecule has 24 heavy (non-hydrogen) atoms. The van der Waals surface area contributed by atoms with Crippen LogP contribution in [0.5, 0.6) is 5.75 Å². The van der Waals surface area contributed by atoms with Crippen LogP contribution in [0, 0.1) is 3.57 Å². The summed E-state index contributed by atoms with van der Waals surface area (Å²) in [6.45, 7) is 5.74. The van der Waals surface area contributed by atoms with Crippen molar-refractivity contribution in [3.05, 3.63) is 57.7 Å². The SMILES string of the molecule is CCOc1ccccc1N1CCN(C(=O)c2cccc(I)c2)CC1. The Hall–Kier alpha value is -1.76. The van der Waals surface area contributed by atoms with E-state index in [0.717, 1.165) is 46.7 Å². The quantitative estimate of drug-likeness (QED) is 0.687. The molecule has 0 saturated carbocycles. The van der Waals surface area contributed by atoms with Crippen molar-refractivity contribution in [3.8, 4) is 5.75 Å². The summed E-state index contributed by atoms with van der Waals surface area (Å²) in [4.78, 5) is 16.9. The monoisotopic (exact) mass is 436 g/mol. The van der Waals surface area contributed by atoms with Crippen molar-refractivity contribution < 1.29 is 9.53 Å². The third-order valence-electron chi connectivity index (χ3n) is 4.14. The number of carbonyl (C=O) groups is 1. The Bertz CT molecular complexity index is 712. The van der Waals surface area contributed by atoms with Crippen LogP contribution in [0.4, 0.5) is 5.69 Å². The van der Waals surface area contributed by atoms with Crippen molar-refractivity contribution in [2.75, 3.05) is 37.7 Å². The zero-order valence-corrected chi connectivity index (χ0v) is 15.9. The smallest absolute Gasteiger partial charge is 0.254 e. The maximum absolute atomic E-state index is 12.6. The molecule has 1 aliphatic rings. The summed E-state index contributed by atoms with van der Waals surface area (Å²) >= 11 is 2.24. The summed E-state index contributed by atoms with van der Waals surface area (Å²) in [6.07, 6.45) is 0. The van der Waals surface area contributed by atoms with Gasteiger partial charge in [-0.3, -0.25) is 4.79 Å². The highest BCUT2D eigenvalue weighted by molar-refractivity contribution is 14.1. The van der Waals surface area contributed by atoms with Crippen molar-refractivity contribution in [2.24, 2.45) is 0 Å². The Morgan fingerprint density at radius 2 is 1.83 bits per heavy atom. The number of amides is 1. The van der Waals surface area contributed by atoms with Gasteiger partial charge in [-0.1, -0.05) is 18.2 Å². The van der Waals surface area contributed by atoms with E-state index in [1.165, 1.54) is 0 Å². The van der Waals surface area contributed by atoms with Crippen molar-refractivity contribution in [2.45, 2.75) is 6.92 Å². The Labute approximate surface area is 156 Å². The first-order valence-electron chi connectivity index (χ1n) is 8.20. The summed E-state index contributed by atoms with van der Waals surface area (Å²) in [5.74, 6) is 1.03. The van der Waals surface area contributed by atoms with Gasteiger partial charge in [0.15, 0.2) is 0 Å². The van der Waals surface area contributed by atoms with Crippen LogP contribution in [0.2, 0.25) is 0 Å². The molecule has 2 aromatic carbocycles. The topological polar surface area (TPSA) is 32.8 Å². The van der Waals surface area contributed by atoms with E-state index in [9.17, 15) is 4.79 Å². The third-order valence-corrected chi connectivity index (χ3v) is 4.82. The zero-order valence-electron chi connectivity index (χ0n) is 13.7. The molecular weight excluding hydrogens is 415 g/mol. The molecule has 0 aliphatic carbocycles. The molecule has 3 rings (SSSR count). The van der Waals surface area contributed by atoms with Gasteiger partial charge in [0.05, 0.1) is 12.3 Å². The largest absolute Gasteiger partial charge is 0.492 e. The van der Waals surface area contributed by atoms with Gasteiger partial charge in [0.1, 0.15) is 5.75 Å². The second-order valence-corrected chi connectivity index (χ2v) is 6.94. The van der Waals surface area contributed by atoms with E-state index in [1.54, 1.807) is 0 Å². The lowest BCUT2D eigenvalue weighted by molar-refractivity contribution is 0.0746. The van der Waals surface area contributed by atoms with Crippen LogP contribution in [0.1, 0.15) is 17.3 Å². The molecule has 1 heterocycles. The molecule has 126 valence electrons. The molecule has 2 aromatic rings. The summed E-state index contributed by atoms with van der Waals surface area (Å²) in [5, 5.41) is 0. The fourth-order valence-electron chi connectivity index (χ4n) is 2.95. The first-order valence-corrected chi connectivity index (χ1v) is 9.28. The number of nitrogens with zero attached hydrogens (tertiary/aromatic N) is 2. The van der Waals surface area contributed by atoms with Crippen molar-refractivity contribution in [1.82, 2.24) is 4.90 Å². The molecule has 0 spiro atoms. The van der Waals surface area contributed by atoms with Crippen LogP contribution >= 0.6 is 22.6 Å². The van der Waals surface area contributed by atoms with Crippen LogP contribution in [0.15, 0.2) is 48.5 Å². The molecule has 5 heteroatoms. The van der Waals surface area contributed by atoms with E-state index < -0.39 is 0 Å². The molecule has 4 nitrogen and oxygen atoms in total. The summed E-state index contributed by atoms with van der Waals surface area (Å²) < 4.78 is 6.81. The van der Waals surface area contributed by atoms with Crippen LogP contribution in [-0.4, -0.2) is 43.6 Å². The first-order chi connectivity index (χ1) is 11.7. The van der Waals surface area contributed by atoms with Crippen molar-refractivity contribution in [3.63, 3.8) is 0 Å².